The fraction of sp³-hybridized carbons (Fsp3) is 0.125. The quantitative estimate of drug-likeness (QED) is 0.367. The van der Waals surface area contributed by atoms with Crippen LogP contribution in [-0.2, 0) is 7.05 Å². The number of rotatable bonds is 5. The molecule has 0 atom stereocenters. The molecule has 0 aromatic carbocycles. The molecule has 11 heteroatoms. The number of nitrogens with zero attached hydrogens (tertiary/aromatic N) is 4. The number of pyridine rings is 1. The zero-order valence-corrected chi connectivity index (χ0v) is 14.7. The fourth-order valence-corrected chi connectivity index (χ4v) is 3.27. The number of ketones is 1. The van der Waals surface area contributed by atoms with Gasteiger partial charge in [-0.25, -0.2) is 9.78 Å². The Morgan fingerprint density at radius 3 is 2.70 bits per heavy atom. The number of anilines is 1. The van der Waals surface area contributed by atoms with E-state index in [1.54, 1.807) is 12.1 Å². The predicted octanol–water partition coefficient (Wildman–Crippen LogP) is 0.748. The van der Waals surface area contributed by atoms with Gasteiger partial charge in [0.1, 0.15) is 34.3 Å². The highest BCUT2D eigenvalue weighted by Crippen LogP contribution is 2.35. The summed E-state index contributed by atoms with van der Waals surface area (Å²) in [7, 11) is 1.45. The predicted molar refractivity (Wildman–Crippen MR) is 91.3 cm³/mol. The van der Waals surface area contributed by atoms with Gasteiger partial charge >= 0.3 is 11.3 Å². The number of nitrogens with two attached hydrogens (primary N) is 1. The van der Waals surface area contributed by atoms with Crippen LogP contribution in [0.15, 0.2) is 37.2 Å². The molecule has 0 spiro atoms. The minimum atomic E-state index is -0.799. The number of nitriles is 2. The second-order valence-electron chi connectivity index (χ2n) is 5.23. The summed E-state index contributed by atoms with van der Waals surface area (Å²) in [6, 6.07) is 7.09. The molecule has 0 bridgehead atoms. The summed E-state index contributed by atoms with van der Waals surface area (Å²) in [5.74, 6) is -0.528. The van der Waals surface area contributed by atoms with Crippen LogP contribution in [0, 0.1) is 22.7 Å². The van der Waals surface area contributed by atoms with Gasteiger partial charge in [0, 0.05) is 0 Å². The Morgan fingerprint density at radius 1 is 1.41 bits per heavy atom. The number of aromatic amines is 1. The molecule has 3 rings (SSSR count). The van der Waals surface area contributed by atoms with E-state index in [0.717, 1.165) is 16.4 Å². The maximum atomic E-state index is 12.3. The molecule has 0 unspecified atom stereocenters. The summed E-state index contributed by atoms with van der Waals surface area (Å²) >= 11 is 0.918. The molecule has 0 saturated carbocycles. The highest BCUT2D eigenvalue weighted by molar-refractivity contribution is 8.00. The summed E-state index contributed by atoms with van der Waals surface area (Å²) < 4.78 is 11.0. The maximum absolute atomic E-state index is 12.3. The van der Waals surface area contributed by atoms with Crippen molar-refractivity contribution in [3.05, 3.63) is 45.6 Å². The lowest BCUT2D eigenvalue weighted by atomic mass is 10.0. The second kappa shape index (κ2) is 7.19. The van der Waals surface area contributed by atoms with E-state index in [1.165, 1.54) is 13.3 Å². The summed E-state index contributed by atoms with van der Waals surface area (Å²) in [6.45, 7) is 0. The number of H-pyrrole nitrogens is 1. The van der Waals surface area contributed by atoms with Crippen LogP contribution in [0.1, 0.15) is 21.6 Å². The van der Waals surface area contributed by atoms with Crippen molar-refractivity contribution in [3.8, 4) is 23.5 Å². The first-order valence-corrected chi connectivity index (χ1v) is 8.37. The number of Topliss-reactive ketones (excluding diaryl/α,β-unsaturated/α-hetero) is 1. The molecule has 27 heavy (non-hydrogen) atoms. The van der Waals surface area contributed by atoms with Crippen molar-refractivity contribution in [1.82, 2.24) is 10.3 Å². The van der Waals surface area contributed by atoms with Crippen LogP contribution in [0.5, 0.6) is 0 Å². The van der Waals surface area contributed by atoms with Gasteiger partial charge in [0.15, 0.2) is 7.05 Å². The highest BCUT2D eigenvalue weighted by Gasteiger charge is 2.28. The van der Waals surface area contributed by atoms with Crippen molar-refractivity contribution in [2.45, 2.75) is 5.03 Å². The van der Waals surface area contributed by atoms with E-state index >= 15 is 0 Å². The summed E-state index contributed by atoms with van der Waals surface area (Å²) in [6.07, 6.45) is 1.40. The lowest BCUT2D eigenvalue weighted by Crippen LogP contribution is -2.39. The minimum Gasteiger partial charge on any atom is -0.464 e. The topological polar surface area (TPSA) is 167 Å². The third-order valence-corrected chi connectivity index (χ3v) is 4.57. The maximum Gasteiger partial charge on any atom is 0.438 e. The number of carbonyl (C=O) groups is 1. The fourth-order valence-electron chi connectivity index (χ4n) is 2.41. The van der Waals surface area contributed by atoms with Crippen LogP contribution < -0.4 is 16.0 Å². The molecule has 0 saturated heterocycles. The largest absolute Gasteiger partial charge is 0.464 e. The van der Waals surface area contributed by atoms with E-state index in [1.807, 2.05) is 12.1 Å². The Bertz CT molecular complexity index is 1160. The van der Waals surface area contributed by atoms with Crippen LogP contribution in [0.2, 0.25) is 0 Å². The second-order valence-corrected chi connectivity index (χ2v) is 6.19. The molecule has 3 aromatic heterocycles. The van der Waals surface area contributed by atoms with Crippen LogP contribution in [0.25, 0.3) is 11.3 Å². The van der Waals surface area contributed by atoms with Gasteiger partial charge in [-0.1, -0.05) is 16.4 Å². The average molecular weight is 383 g/mol. The first-order valence-electron chi connectivity index (χ1n) is 7.39. The molecule has 0 radical (unpaired) electrons. The number of thioether (sulfide) groups is 1. The van der Waals surface area contributed by atoms with Crippen molar-refractivity contribution in [3.63, 3.8) is 0 Å². The smallest absolute Gasteiger partial charge is 0.438 e. The van der Waals surface area contributed by atoms with E-state index in [4.69, 9.17) is 10.2 Å². The Kier molecular flexibility index (Phi) is 4.79. The van der Waals surface area contributed by atoms with E-state index < -0.39 is 11.4 Å². The first-order chi connectivity index (χ1) is 13.0. The van der Waals surface area contributed by atoms with Gasteiger partial charge in [-0.3, -0.25) is 9.32 Å². The van der Waals surface area contributed by atoms with E-state index in [9.17, 15) is 20.1 Å². The average Bonchev–Trinajstić information content (AvgIpc) is 3.29. The number of hydrogen-bond acceptors (Lipinski definition) is 9. The number of carbonyl (C=O) groups excluding carboxylic acids is 1. The lowest BCUT2D eigenvalue weighted by Gasteiger charge is -2.10. The van der Waals surface area contributed by atoms with Crippen molar-refractivity contribution in [2.75, 3.05) is 11.5 Å². The van der Waals surface area contributed by atoms with Gasteiger partial charge in [0.05, 0.1) is 23.1 Å². The van der Waals surface area contributed by atoms with Crippen LogP contribution >= 0.6 is 11.8 Å². The Morgan fingerprint density at radius 2 is 2.15 bits per heavy atom. The molecule has 10 nitrogen and oxygen atoms in total. The lowest BCUT2D eigenvalue weighted by molar-refractivity contribution is -0.741. The number of nitrogen functional groups attached to an aromatic ring is 1. The Hall–Kier alpha value is -3.83. The molecular formula is C16H11N6O4S+. The van der Waals surface area contributed by atoms with Crippen molar-refractivity contribution < 1.29 is 18.4 Å². The van der Waals surface area contributed by atoms with E-state index in [2.05, 4.69) is 14.8 Å². The summed E-state index contributed by atoms with van der Waals surface area (Å²) in [5, 5.41) is 21.4. The number of aromatic nitrogens is 3. The molecule has 3 N–H and O–H groups in total. The van der Waals surface area contributed by atoms with Gasteiger partial charge in [0.2, 0.25) is 5.78 Å². The Labute approximate surface area is 155 Å². The van der Waals surface area contributed by atoms with Gasteiger partial charge in [-0.15, -0.1) is 0 Å². The third-order valence-electron chi connectivity index (χ3n) is 3.59. The van der Waals surface area contributed by atoms with Crippen molar-refractivity contribution in [1.29, 1.82) is 10.5 Å². The number of aryl methyl sites for hydroxylation is 1. The molecule has 0 amide bonds. The normalized spacial score (nSPS) is 10.3. The molecule has 134 valence electrons. The summed E-state index contributed by atoms with van der Waals surface area (Å²) in [5.41, 5.74) is 5.15. The number of nitrogens with one attached hydrogen (secondary N) is 1. The number of hydrogen-bond donors (Lipinski definition) is 2. The summed E-state index contributed by atoms with van der Waals surface area (Å²) in [4.78, 5) is 28.0. The van der Waals surface area contributed by atoms with Crippen LogP contribution in [0.3, 0.4) is 0 Å². The SMILES string of the molecule is C[n+]1[nH]oc(=O)c1C(=O)CSc1nc(N)c(C#N)c(-c2ccco2)c1C#N. The van der Waals surface area contributed by atoms with Gasteiger partial charge < -0.3 is 10.2 Å². The molecule has 0 fully saturated rings. The van der Waals surface area contributed by atoms with Gasteiger partial charge in [-0.05, 0) is 17.4 Å². The first kappa shape index (κ1) is 18.0. The van der Waals surface area contributed by atoms with E-state index in [-0.39, 0.29) is 44.7 Å². The van der Waals surface area contributed by atoms with Crippen molar-refractivity contribution in [2.24, 2.45) is 7.05 Å². The third kappa shape index (κ3) is 3.19. The minimum absolute atomic E-state index is 0.00913. The van der Waals surface area contributed by atoms with Crippen LogP contribution in [-0.4, -0.2) is 21.8 Å². The van der Waals surface area contributed by atoms with Crippen molar-refractivity contribution >= 4 is 23.4 Å². The molecule has 3 heterocycles. The highest BCUT2D eigenvalue weighted by atomic mass is 32.2. The van der Waals surface area contributed by atoms with Gasteiger partial charge in [-0.2, -0.15) is 10.5 Å². The molecule has 0 aliphatic rings. The zero-order chi connectivity index (χ0) is 19.6. The molecule has 3 aromatic rings. The molecule has 0 aliphatic carbocycles. The monoisotopic (exact) mass is 383 g/mol. The number of furan rings is 1. The van der Waals surface area contributed by atoms with E-state index in [0.29, 0.717) is 0 Å². The molecule has 0 aliphatic heterocycles. The molecular weight excluding hydrogens is 372 g/mol. The zero-order valence-electron chi connectivity index (χ0n) is 13.8. The Balaban J connectivity index is 2.02. The van der Waals surface area contributed by atoms with Crippen LogP contribution in [0.4, 0.5) is 5.82 Å². The standard InChI is InChI=1S/C16H10N6O4S/c1-22-13(16(24)26-21-22)10(23)7-27-15-9(6-18)12(11-3-2-4-25-11)8(5-17)14(19)20-15/h2-4H,7H2,1H3,(H2-,19,20,21,23,24)/p+1. The van der Waals surface area contributed by atoms with Gasteiger partial charge in [0.25, 0.3) is 0 Å².